The van der Waals surface area contributed by atoms with Gasteiger partial charge in [0.2, 0.25) is 0 Å². The molecule has 1 aliphatic rings. The van der Waals surface area contributed by atoms with Gasteiger partial charge in [0.25, 0.3) is 11.8 Å². The molecule has 4 rings (SSSR count). The number of thiazole rings is 1. The molecule has 3 heterocycles. The van der Waals surface area contributed by atoms with Crippen LogP contribution in [0.4, 0.5) is 5.13 Å². The van der Waals surface area contributed by atoms with Crippen molar-refractivity contribution in [1.29, 1.82) is 0 Å². The topological polar surface area (TPSA) is 75.2 Å². The highest BCUT2D eigenvalue weighted by atomic mass is 32.1. The summed E-state index contributed by atoms with van der Waals surface area (Å²) in [5, 5.41) is 3.35. The lowest BCUT2D eigenvalue weighted by Crippen LogP contribution is -2.35. The molecule has 0 saturated heterocycles. The largest absolute Gasteiger partial charge is 0.333 e. The van der Waals surface area contributed by atoms with E-state index >= 15 is 0 Å². The third-order valence-corrected chi connectivity index (χ3v) is 5.60. The molecule has 0 saturated carbocycles. The maximum Gasteiger partial charge on any atom is 0.276 e. The summed E-state index contributed by atoms with van der Waals surface area (Å²) >= 11 is 1.42. The van der Waals surface area contributed by atoms with E-state index in [4.69, 9.17) is 0 Å². The van der Waals surface area contributed by atoms with Gasteiger partial charge in [-0.1, -0.05) is 34.6 Å². The number of carbonyl (C=O) groups is 2. The van der Waals surface area contributed by atoms with Crippen LogP contribution in [0.3, 0.4) is 0 Å². The zero-order valence-electron chi connectivity index (χ0n) is 15.7. The Balaban J connectivity index is 1.48. The van der Waals surface area contributed by atoms with Crippen molar-refractivity contribution in [2.24, 2.45) is 0 Å². The quantitative estimate of drug-likeness (QED) is 0.739. The van der Waals surface area contributed by atoms with Gasteiger partial charge in [0.15, 0.2) is 5.13 Å². The highest BCUT2D eigenvalue weighted by Gasteiger charge is 2.25. The number of hydrogen-bond acceptors (Lipinski definition) is 5. The number of carbonyl (C=O) groups excluding carboxylic acids is 2. The van der Waals surface area contributed by atoms with Gasteiger partial charge in [0, 0.05) is 29.6 Å². The first-order chi connectivity index (χ1) is 13.5. The SMILES string of the molecule is Cc1cc(C)cc(C(=O)N2CCc3nc(NC(=O)c4ccccn4)sc3C2)c1. The van der Waals surface area contributed by atoms with E-state index in [1.165, 1.54) is 11.3 Å². The Hall–Kier alpha value is -3.06. The Morgan fingerprint density at radius 3 is 2.64 bits per heavy atom. The van der Waals surface area contributed by atoms with Crippen LogP contribution in [0.1, 0.15) is 42.5 Å². The third-order valence-electron chi connectivity index (χ3n) is 4.61. The molecule has 1 aliphatic heterocycles. The van der Waals surface area contributed by atoms with E-state index in [1.807, 2.05) is 30.9 Å². The van der Waals surface area contributed by atoms with Crippen LogP contribution in [0.5, 0.6) is 0 Å². The Morgan fingerprint density at radius 2 is 1.93 bits per heavy atom. The second-order valence-electron chi connectivity index (χ2n) is 6.91. The van der Waals surface area contributed by atoms with E-state index in [9.17, 15) is 9.59 Å². The van der Waals surface area contributed by atoms with Crippen LogP contribution in [0, 0.1) is 13.8 Å². The van der Waals surface area contributed by atoms with Gasteiger partial charge in [-0.2, -0.15) is 0 Å². The lowest BCUT2D eigenvalue weighted by molar-refractivity contribution is 0.0736. The summed E-state index contributed by atoms with van der Waals surface area (Å²) in [4.78, 5) is 36.6. The predicted molar refractivity (Wildman–Crippen MR) is 109 cm³/mol. The second-order valence-corrected chi connectivity index (χ2v) is 7.99. The lowest BCUT2D eigenvalue weighted by atomic mass is 10.1. The molecule has 28 heavy (non-hydrogen) atoms. The third kappa shape index (κ3) is 3.80. The van der Waals surface area contributed by atoms with E-state index in [1.54, 1.807) is 24.4 Å². The van der Waals surface area contributed by atoms with Crippen LogP contribution in [0.15, 0.2) is 42.6 Å². The first-order valence-corrected chi connectivity index (χ1v) is 9.90. The standard InChI is InChI=1S/C21H20N4O2S/c1-13-9-14(2)11-15(10-13)20(27)25-8-6-16-18(12-25)28-21(23-16)24-19(26)17-5-3-4-7-22-17/h3-5,7,9-11H,6,8,12H2,1-2H3,(H,23,24,26). The summed E-state index contributed by atoms with van der Waals surface area (Å²) in [5.74, 6) is -0.250. The van der Waals surface area contributed by atoms with E-state index in [0.29, 0.717) is 35.9 Å². The van der Waals surface area contributed by atoms with Gasteiger partial charge in [-0.15, -0.1) is 0 Å². The Labute approximate surface area is 167 Å². The molecule has 0 unspecified atom stereocenters. The van der Waals surface area contributed by atoms with Crippen molar-refractivity contribution in [3.05, 3.63) is 75.6 Å². The number of anilines is 1. The maximum atomic E-state index is 12.9. The molecular weight excluding hydrogens is 372 g/mol. The second kappa shape index (κ2) is 7.52. The predicted octanol–water partition coefficient (Wildman–Crippen LogP) is 3.61. The summed E-state index contributed by atoms with van der Waals surface area (Å²) in [6.07, 6.45) is 2.26. The molecule has 0 radical (unpaired) electrons. The fraction of sp³-hybridized carbons (Fsp3) is 0.238. The van der Waals surface area contributed by atoms with Crippen molar-refractivity contribution in [3.63, 3.8) is 0 Å². The summed E-state index contributed by atoms with van der Waals surface area (Å²) < 4.78 is 0. The van der Waals surface area contributed by atoms with E-state index in [0.717, 1.165) is 21.7 Å². The van der Waals surface area contributed by atoms with Gasteiger partial charge in [0.1, 0.15) is 5.69 Å². The molecule has 0 aliphatic carbocycles. The van der Waals surface area contributed by atoms with Gasteiger partial charge in [0.05, 0.1) is 12.2 Å². The van der Waals surface area contributed by atoms with Crippen LogP contribution in [-0.4, -0.2) is 33.2 Å². The van der Waals surface area contributed by atoms with Crippen molar-refractivity contribution in [2.45, 2.75) is 26.8 Å². The van der Waals surface area contributed by atoms with E-state index < -0.39 is 0 Å². The average molecular weight is 392 g/mol. The number of aromatic nitrogens is 2. The van der Waals surface area contributed by atoms with Crippen molar-refractivity contribution >= 4 is 28.3 Å². The summed E-state index contributed by atoms with van der Waals surface area (Å²) in [5.41, 5.74) is 4.18. The molecule has 3 aromatic rings. The fourth-order valence-corrected chi connectivity index (χ4v) is 4.38. The number of benzene rings is 1. The number of rotatable bonds is 3. The molecule has 6 nitrogen and oxygen atoms in total. The number of nitrogens with zero attached hydrogens (tertiary/aromatic N) is 3. The van der Waals surface area contributed by atoms with Gasteiger partial charge < -0.3 is 4.90 Å². The average Bonchev–Trinajstić information content (AvgIpc) is 3.08. The van der Waals surface area contributed by atoms with Crippen molar-refractivity contribution in [1.82, 2.24) is 14.9 Å². The molecule has 0 fully saturated rings. The van der Waals surface area contributed by atoms with Crippen LogP contribution in [0.2, 0.25) is 0 Å². The van der Waals surface area contributed by atoms with Crippen LogP contribution in [-0.2, 0) is 13.0 Å². The minimum Gasteiger partial charge on any atom is -0.333 e. The van der Waals surface area contributed by atoms with Crippen LogP contribution in [0.25, 0.3) is 0 Å². The number of amides is 2. The van der Waals surface area contributed by atoms with Crippen LogP contribution >= 0.6 is 11.3 Å². The minimum absolute atomic E-state index is 0.0323. The van der Waals surface area contributed by atoms with Crippen LogP contribution < -0.4 is 5.32 Å². The lowest BCUT2D eigenvalue weighted by Gasteiger charge is -2.26. The smallest absolute Gasteiger partial charge is 0.276 e. The normalized spacial score (nSPS) is 13.1. The van der Waals surface area contributed by atoms with Gasteiger partial charge in [-0.25, -0.2) is 4.98 Å². The van der Waals surface area contributed by atoms with Gasteiger partial charge in [-0.3, -0.25) is 19.9 Å². The highest BCUT2D eigenvalue weighted by molar-refractivity contribution is 7.15. The first-order valence-electron chi connectivity index (χ1n) is 9.08. The summed E-state index contributed by atoms with van der Waals surface area (Å²) in [7, 11) is 0. The number of aryl methyl sites for hydroxylation is 2. The summed E-state index contributed by atoms with van der Waals surface area (Å²) in [6, 6.07) is 11.1. The number of fused-ring (bicyclic) bond motifs is 1. The molecule has 1 N–H and O–H groups in total. The Kier molecular flexibility index (Phi) is 4.92. The molecule has 2 amide bonds. The molecule has 0 bridgehead atoms. The fourth-order valence-electron chi connectivity index (χ4n) is 3.36. The maximum absolute atomic E-state index is 12.9. The molecule has 7 heteroatoms. The van der Waals surface area contributed by atoms with Gasteiger partial charge >= 0.3 is 0 Å². The Bertz CT molecular complexity index is 1030. The van der Waals surface area contributed by atoms with Crippen molar-refractivity contribution in [2.75, 3.05) is 11.9 Å². The minimum atomic E-state index is -0.283. The zero-order chi connectivity index (χ0) is 19.7. The van der Waals surface area contributed by atoms with Crippen molar-refractivity contribution in [3.8, 4) is 0 Å². The molecule has 142 valence electrons. The van der Waals surface area contributed by atoms with Gasteiger partial charge in [-0.05, 0) is 38.1 Å². The van der Waals surface area contributed by atoms with Crippen molar-refractivity contribution < 1.29 is 9.59 Å². The van der Waals surface area contributed by atoms with E-state index in [-0.39, 0.29) is 11.8 Å². The monoisotopic (exact) mass is 392 g/mol. The first kappa shape index (κ1) is 18.3. The Morgan fingerprint density at radius 1 is 1.14 bits per heavy atom. The molecule has 0 spiro atoms. The van der Waals surface area contributed by atoms with E-state index in [2.05, 4.69) is 21.4 Å². The number of nitrogens with one attached hydrogen (secondary N) is 1. The molecular formula is C21H20N4O2S. The molecule has 1 aromatic carbocycles. The zero-order valence-corrected chi connectivity index (χ0v) is 16.5. The molecule has 2 aromatic heterocycles. The number of pyridine rings is 1. The highest BCUT2D eigenvalue weighted by Crippen LogP contribution is 2.29. The summed E-state index contributed by atoms with van der Waals surface area (Å²) in [6.45, 7) is 5.13. The number of hydrogen-bond donors (Lipinski definition) is 1. The molecule has 0 atom stereocenters.